The van der Waals surface area contributed by atoms with Gasteiger partial charge in [0.15, 0.2) is 0 Å². The summed E-state index contributed by atoms with van der Waals surface area (Å²) < 4.78 is 0. The van der Waals surface area contributed by atoms with Crippen molar-refractivity contribution in [3.05, 3.63) is 89.5 Å². The lowest BCUT2D eigenvalue weighted by molar-refractivity contribution is 0.490. The topological polar surface area (TPSA) is 52.0 Å². The second kappa shape index (κ2) is 5.91. The van der Waals surface area contributed by atoms with Crippen molar-refractivity contribution in [2.75, 3.05) is 0 Å². The van der Waals surface area contributed by atoms with Crippen LogP contribution in [0.2, 0.25) is 0 Å². The minimum absolute atomic E-state index is 0.250. The fraction of sp³-hybridized carbons (Fsp3) is 0.200. The summed E-state index contributed by atoms with van der Waals surface area (Å²) in [5.41, 5.74) is 17.1. The van der Waals surface area contributed by atoms with E-state index in [4.69, 9.17) is 11.5 Å². The molecule has 0 bridgehead atoms. The van der Waals surface area contributed by atoms with Crippen LogP contribution in [0.1, 0.15) is 23.6 Å². The summed E-state index contributed by atoms with van der Waals surface area (Å²) in [6.45, 7) is 2.14. The third-order valence-electron chi connectivity index (χ3n) is 4.42. The molecule has 2 unspecified atom stereocenters. The molecule has 2 atom stereocenters. The zero-order valence-corrected chi connectivity index (χ0v) is 12.9. The van der Waals surface area contributed by atoms with E-state index in [1.54, 1.807) is 0 Å². The Balaban J connectivity index is 1.99. The Morgan fingerprint density at radius 2 is 1.68 bits per heavy atom. The maximum Gasteiger partial charge on any atom is 0.0791 e. The molecule has 0 fully saturated rings. The minimum atomic E-state index is -0.648. The maximum atomic E-state index is 6.68. The molecule has 1 aliphatic rings. The van der Waals surface area contributed by atoms with Gasteiger partial charge in [-0.2, -0.15) is 0 Å². The van der Waals surface area contributed by atoms with Gasteiger partial charge in [-0.25, -0.2) is 0 Å². The largest absolute Gasteiger partial charge is 0.322 e. The van der Waals surface area contributed by atoms with E-state index in [1.807, 2.05) is 24.3 Å². The van der Waals surface area contributed by atoms with Crippen LogP contribution in [-0.2, 0) is 12.0 Å². The number of aryl methyl sites for hydroxylation is 1. The average Bonchev–Trinajstić information content (AvgIpc) is 2.58. The molecule has 2 nitrogen and oxygen atoms in total. The van der Waals surface area contributed by atoms with E-state index in [9.17, 15) is 0 Å². The molecule has 0 heterocycles. The van der Waals surface area contributed by atoms with E-state index in [-0.39, 0.29) is 6.04 Å². The summed E-state index contributed by atoms with van der Waals surface area (Å²) in [7, 11) is 0. The van der Waals surface area contributed by atoms with Gasteiger partial charge in [0, 0.05) is 6.04 Å². The van der Waals surface area contributed by atoms with Crippen LogP contribution >= 0.6 is 0 Å². The molecule has 2 heteroatoms. The molecule has 4 N–H and O–H groups in total. The van der Waals surface area contributed by atoms with Gasteiger partial charge in [-0.1, -0.05) is 79.7 Å². The van der Waals surface area contributed by atoms with Crippen molar-refractivity contribution in [2.24, 2.45) is 11.5 Å². The van der Waals surface area contributed by atoms with Crippen molar-refractivity contribution >= 4 is 5.57 Å². The van der Waals surface area contributed by atoms with Crippen LogP contribution in [0.15, 0.2) is 72.8 Å². The smallest absolute Gasteiger partial charge is 0.0791 e. The predicted octanol–water partition coefficient (Wildman–Crippen LogP) is 3.38. The van der Waals surface area contributed by atoms with Crippen molar-refractivity contribution in [1.29, 1.82) is 0 Å². The Bertz CT molecular complexity index is 715. The van der Waals surface area contributed by atoms with Crippen molar-refractivity contribution < 1.29 is 0 Å². The molecule has 2 aromatic carbocycles. The van der Waals surface area contributed by atoms with Crippen LogP contribution in [0, 0.1) is 0 Å². The van der Waals surface area contributed by atoms with Gasteiger partial charge in [0.05, 0.1) is 5.54 Å². The molecule has 22 heavy (non-hydrogen) atoms. The summed E-state index contributed by atoms with van der Waals surface area (Å²) >= 11 is 0. The molecule has 0 radical (unpaired) electrons. The summed E-state index contributed by atoms with van der Waals surface area (Å²) in [5.74, 6) is 0. The van der Waals surface area contributed by atoms with Gasteiger partial charge in [0.25, 0.3) is 0 Å². The van der Waals surface area contributed by atoms with Crippen LogP contribution < -0.4 is 11.5 Å². The first-order valence-corrected chi connectivity index (χ1v) is 7.74. The maximum absolute atomic E-state index is 6.68. The second-order valence-corrected chi connectivity index (χ2v) is 5.79. The van der Waals surface area contributed by atoms with Crippen LogP contribution in [0.4, 0.5) is 0 Å². The standard InChI is InChI=1S/C20H22N2/c1-2-15-8-6-7-11-18(15)20(22)13-12-17(14-19(20)21)16-9-4-3-5-10-16/h3-14,19H,2,21-22H2,1H3. The number of nitrogens with two attached hydrogens (primary N) is 2. The molecule has 0 saturated heterocycles. The first-order valence-electron chi connectivity index (χ1n) is 7.74. The van der Waals surface area contributed by atoms with E-state index < -0.39 is 5.54 Å². The van der Waals surface area contributed by atoms with Gasteiger partial charge >= 0.3 is 0 Å². The molecule has 112 valence electrons. The van der Waals surface area contributed by atoms with Gasteiger partial charge in [-0.3, -0.25) is 0 Å². The summed E-state index contributed by atoms with van der Waals surface area (Å²) in [6, 6.07) is 18.3. The van der Waals surface area contributed by atoms with E-state index in [0.29, 0.717) is 0 Å². The summed E-state index contributed by atoms with van der Waals surface area (Å²) in [6.07, 6.45) is 7.16. The SMILES string of the molecule is CCc1ccccc1C1(N)C=CC(c2ccccc2)=CC1N. The molecule has 0 spiro atoms. The van der Waals surface area contributed by atoms with Crippen molar-refractivity contribution in [1.82, 2.24) is 0 Å². The Labute approximate surface area is 132 Å². The number of hydrogen-bond donors (Lipinski definition) is 2. The van der Waals surface area contributed by atoms with Crippen molar-refractivity contribution in [3.8, 4) is 0 Å². The van der Waals surface area contributed by atoms with E-state index in [0.717, 1.165) is 17.6 Å². The third-order valence-corrected chi connectivity index (χ3v) is 4.42. The van der Waals surface area contributed by atoms with E-state index >= 15 is 0 Å². The highest BCUT2D eigenvalue weighted by Gasteiger charge is 2.34. The van der Waals surface area contributed by atoms with Gasteiger partial charge in [0.2, 0.25) is 0 Å². The Morgan fingerprint density at radius 3 is 2.36 bits per heavy atom. The first-order chi connectivity index (χ1) is 10.6. The molecule has 0 saturated carbocycles. The van der Waals surface area contributed by atoms with Crippen LogP contribution in [-0.4, -0.2) is 6.04 Å². The lowest BCUT2D eigenvalue weighted by atomic mass is 9.76. The molecule has 0 amide bonds. The lowest BCUT2D eigenvalue weighted by Gasteiger charge is -2.36. The predicted molar refractivity (Wildman–Crippen MR) is 93.2 cm³/mol. The zero-order valence-electron chi connectivity index (χ0n) is 12.9. The average molecular weight is 290 g/mol. The van der Waals surface area contributed by atoms with Crippen molar-refractivity contribution in [3.63, 3.8) is 0 Å². The van der Waals surface area contributed by atoms with Crippen molar-refractivity contribution in [2.45, 2.75) is 24.9 Å². The molecule has 3 rings (SSSR count). The monoisotopic (exact) mass is 290 g/mol. The molecule has 2 aromatic rings. The zero-order chi connectivity index (χ0) is 15.6. The molecule has 1 aliphatic carbocycles. The number of benzene rings is 2. The third kappa shape index (κ3) is 2.52. The second-order valence-electron chi connectivity index (χ2n) is 5.79. The van der Waals surface area contributed by atoms with Crippen LogP contribution in [0.3, 0.4) is 0 Å². The Morgan fingerprint density at radius 1 is 1.00 bits per heavy atom. The first kappa shape index (κ1) is 14.8. The van der Waals surface area contributed by atoms with Gasteiger partial charge in [-0.05, 0) is 28.7 Å². The summed E-state index contributed by atoms with van der Waals surface area (Å²) in [4.78, 5) is 0. The molecule has 0 aliphatic heterocycles. The van der Waals surface area contributed by atoms with E-state index in [2.05, 4.69) is 55.5 Å². The van der Waals surface area contributed by atoms with Gasteiger partial charge < -0.3 is 11.5 Å². The minimum Gasteiger partial charge on any atom is -0.322 e. The van der Waals surface area contributed by atoms with Gasteiger partial charge in [0.1, 0.15) is 0 Å². The highest BCUT2D eigenvalue weighted by atomic mass is 14.9. The number of rotatable bonds is 3. The number of allylic oxidation sites excluding steroid dienone is 2. The molecular weight excluding hydrogens is 268 g/mol. The quantitative estimate of drug-likeness (QED) is 0.910. The summed E-state index contributed by atoms with van der Waals surface area (Å²) in [5, 5.41) is 0. The Hall–Kier alpha value is -2.16. The molecular formula is C20H22N2. The fourth-order valence-electron chi connectivity index (χ4n) is 3.07. The highest BCUT2D eigenvalue weighted by Crippen LogP contribution is 2.33. The number of hydrogen-bond acceptors (Lipinski definition) is 2. The van der Waals surface area contributed by atoms with Crippen LogP contribution in [0.25, 0.3) is 5.57 Å². The normalized spacial score (nSPS) is 24.1. The lowest BCUT2D eigenvalue weighted by Crippen LogP contribution is -2.51. The molecule has 0 aromatic heterocycles. The van der Waals surface area contributed by atoms with Crippen LogP contribution in [0.5, 0.6) is 0 Å². The van der Waals surface area contributed by atoms with Gasteiger partial charge in [-0.15, -0.1) is 0 Å². The van der Waals surface area contributed by atoms with E-state index in [1.165, 1.54) is 11.1 Å². The Kier molecular flexibility index (Phi) is 3.97. The highest BCUT2D eigenvalue weighted by molar-refractivity contribution is 5.76. The fourth-order valence-corrected chi connectivity index (χ4v) is 3.07.